The third-order valence-electron chi connectivity index (χ3n) is 3.84. The van der Waals surface area contributed by atoms with Gasteiger partial charge in [-0.25, -0.2) is 0 Å². The lowest BCUT2D eigenvalue weighted by Crippen LogP contribution is -2.24. The van der Waals surface area contributed by atoms with Crippen LogP contribution in [0, 0.1) is 11.8 Å². The fourth-order valence-electron chi connectivity index (χ4n) is 2.74. The highest BCUT2D eigenvalue weighted by Gasteiger charge is 2.12. The van der Waals surface area contributed by atoms with Crippen molar-refractivity contribution >= 4 is 0 Å². The Bertz CT molecular complexity index is 494. The van der Waals surface area contributed by atoms with Gasteiger partial charge in [0.2, 0.25) is 0 Å². The van der Waals surface area contributed by atoms with E-state index >= 15 is 0 Å². The molecule has 0 saturated carbocycles. The molecular weight excluding hydrogens is 262 g/mol. The molecule has 0 spiro atoms. The molecule has 1 aromatic carbocycles. The third-order valence-corrected chi connectivity index (χ3v) is 3.84. The van der Waals surface area contributed by atoms with E-state index in [0.717, 1.165) is 17.9 Å². The smallest absolute Gasteiger partial charge is 0.123 e. The van der Waals surface area contributed by atoms with Crippen molar-refractivity contribution in [1.29, 1.82) is 0 Å². The minimum atomic E-state index is 0.115. The van der Waals surface area contributed by atoms with Crippen LogP contribution >= 0.6 is 0 Å². The Morgan fingerprint density at radius 2 is 1.95 bits per heavy atom. The lowest BCUT2D eigenvalue weighted by atomic mass is 10.1. The van der Waals surface area contributed by atoms with Crippen molar-refractivity contribution in [1.82, 2.24) is 4.90 Å². The summed E-state index contributed by atoms with van der Waals surface area (Å²) in [5.41, 5.74) is 2.20. The van der Waals surface area contributed by atoms with E-state index in [1.165, 1.54) is 44.3 Å². The van der Waals surface area contributed by atoms with Crippen molar-refractivity contribution in [2.75, 3.05) is 26.8 Å². The first kappa shape index (κ1) is 15.9. The number of nitrogens with zero attached hydrogens (tertiary/aromatic N) is 1. The Morgan fingerprint density at radius 1 is 1.19 bits per heavy atom. The van der Waals surface area contributed by atoms with Gasteiger partial charge in [0.15, 0.2) is 0 Å². The van der Waals surface area contributed by atoms with E-state index in [4.69, 9.17) is 9.84 Å². The van der Waals surface area contributed by atoms with Gasteiger partial charge in [0, 0.05) is 24.1 Å². The van der Waals surface area contributed by atoms with E-state index in [1.807, 2.05) is 12.1 Å². The van der Waals surface area contributed by atoms with Crippen LogP contribution < -0.4 is 4.74 Å². The summed E-state index contributed by atoms with van der Waals surface area (Å²) in [6.07, 6.45) is 5.80. The molecule has 114 valence electrons. The lowest BCUT2D eigenvalue weighted by molar-refractivity contribution is 0.271. The maximum atomic E-state index is 8.79. The minimum Gasteiger partial charge on any atom is -0.496 e. The van der Waals surface area contributed by atoms with Crippen LogP contribution in [0.4, 0.5) is 0 Å². The molecule has 0 aromatic heterocycles. The van der Waals surface area contributed by atoms with E-state index in [9.17, 15) is 0 Å². The van der Waals surface area contributed by atoms with Gasteiger partial charge in [0.05, 0.1) is 13.7 Å². The fourth-order valence-corrected chi connectivity index (χ4v) is 2.74. The normalized spacial score (nSPS) is 15.9. The van der Waals surface area contributed by atoms with Crippen molar-refractivity contribution in [2.45, 2.75) is 38.6 Å². The number of methoxy groups -OCH3 is 1. The molecule has 1 saturated heterocycles. The van der Waals surface area contributed by atoms with Crippen LogP contribution in [-0.4, -0.2) is 36.8 Å². The standard InChI is InChI=1S/C18H25NO2/c1-21-18-10-9-16(8-4-7-13-20)14-17(18)15-19-11-5-2-3-6-12-19/h9-10,14,20H,2-3,5-7,11-13,15H2,1H3. The highest BCUT2D eigenvalue weighted by Crippen LogP contribution is 2.23. The van der Waals surface area contributed by atoms with Crippen molar-refractivity contribution in [3.63, 3.8) is 0 Å². The van der Waals surface area contributed by atoms with E-state index < -0.39 is 0 Å². The maximum Gasteiger partial charge on any atom is 0.123 e. The number of hydrogen-bond donors (Lipinski definition) is 1. The lowest BCUT2D eigenvalue weighted by Gasteiger charge is -2.21. The zero-order chi connectivity index (χ0) is 14.9. The highest BCUT2D eigenvalue weighted by atomic mass is 16.5. The number of rotatable bonds is 4. The Kier molecular flexibility index (Phi) is 6.59. The number of aliphatic hydroxyl groups is 1. The summed E-state index contributed by atoms with van der Waals surface area (Å²) < 4.78 is 5.48. The van der Waals surface area contributed by atoms with Gasteiger partial charge < -0.3 is 9.84 Å². The molecule has 1 fully saturated rings. The van der Waals surface area contributed by atoms with E-state index in [0.29, 0.717) is 6.42 Å². The molecule has 0 unspecified atom stereocenters. The monoisotopic (exact) mass is 287 g/mol. The molecule has 3 nitrogen and oxygen atoms in total. The average molecular weight is 287 g/mol. The number of aliphatic hydroxyl groups excluding tert-OH is 1. The van der Waals surface area contributed by atoms with Gasteiger partial charge in [-0.05, 0) is 44.1 Å². The Hall–Kier alpha value is -1.50. The molecule has 3 heteroatoms. The first-order valence-corrected chi connectivity index (χ1v) is 7.82. The van der Waals surface area contributed by atoms with Crippen LogP contribution in [0.25, 0.3) is 0 Å². The zero-order valence-electron chi connectivity index (χ0n) is 12.9. The van der Waals surface area contributed by atoms with Crippen LogP contribution in [0.2, 0.25) is 0 Å². The Morgan fingerprint density at radius 3 is 2.62 bits per heavy atom. The number of likely N-dealkylation sites (tertiary alicyclic amines) is 1. The number of hydrogen-bond acceptors (Lipinski definition) is 3. The minimum absolute atomic E-state index is 0.115. The molecule has 1 aliphatic rings. The predicted molar refractivity (Wildman–Crippen MR) is 85.3 cm³/mol. The maximum absolute atomic E-state index is 8.79. The topological polar surface area (TPSA) is 32.7 Å². The number of ether oxygens (including phenoxy) is 1. The third kappa shape index (κ3) is 5.08. The van der Waals surface area contributed by atoms with Crippen LogP contribution in [0.3, 0.4) is 0 Å². The first-order chi connectivity index (χ1) is 10.3. The summed E-state index contributed by atoms with van der Waals surface area (Å²) in [5.74, 6) is 7.02. The van der Waals surface area contributed by atoms with E-state index in [-0.39, 0.29) is 6.61 Å². The molecule has 21 heavy (non-hydrogen) atoms. The number of benzene rings is 1. The molecule has 0 radical (unpaired) electrons. The molecule has 2 rings (SSSR count). The second-order valence-electron chi connectivity index (χ2n) is 5.49. The highest BCUT2D eigenvalue weighted by molar-refractivity contribution is 5.44. The molecule has 0 aliphatic carbocycles. The zero-order valence-corrected chi connectivity index (χ0v) is 12.9. The molecule has 1 aromatic rings. The van der Waals surface area contributed by atoms with Crippen molar-refractivity contribution < 1.29 is 9.84 Å². The molecule has 0 bridgehead atoms. The van der Waals surface area contributed by atoms with Gasteiger partial charge in [-0.2, -0.15) is 0 Å². The molecule has 0 atom stereocenters. The summed E-state index contributed by atoms with van der Waals surface area (Å²) in [6, 6.07) is 6.10. The summed E-state index contributed by atoms with van der Waals surface area (Å²) in [5, 5.41) is 8.79. The predicted octanol–water partition coefficient (Wildman–Crippen LogP) is 2.81. The average Bonchev–Trinajstić information content (AvgIpc) is 2.77. The van der Waals surface area contributed by atoms with Gasteiger partial charge in [0.1, 0.15) is 5.75 Å². The SMILES string of the molecule is COc1ccc(C#CCCO)cc1CN1CCCCCC1. The second kappa shape index (κ2) is 8.71. The first-order valence-electron chi connectivity index (χ1n) is 7.82. The summed E-state index contributed by atoms with van der Waals surface area (Å²) in [4.78, 5) is 2.51. The molecule has 1 heterocycles. The van der Waals surface area contributed by atoms with Crippen molar-refractivity contribution in [3.8, 4) is 17.6 Å². The quantitative estimate of drug-likeness (QED) is 0.864. The molecular formula is C18H25NO2. The molecule has 0 amide bonds. The van der Waals surface area contributed by atoms with Gasteiger partial charge in [-0.3, -0.25) is 4.90 Å². The van der Waals surface area contributed by atoms with Gasteiger partial charge in [-0.15, -0.1) is 0 Å². The van der Waals surface area contributed by atoms with Gasteiger partial charge in [0.25, 0.3) is 0 Å². The fraction of sp³-hybridized carbons (Fsp3) is 0.556. The Balaban J connectivity index is 2.11. The van der Waals surface area contributed by atoms with Crippen LogP contribution in [0.1, 0.15) is 43.2 Å². The molecule has 1 aliphatic heterocycles. The van der Waals surface area contributed by atoms with E-state index in [1.54, 1.807) is 7.11 Å². The summed E-state index contributed by atoms with van der Waals surface area (Å²) in [7, 11) is 1.72. The largest absolute Gasteiger partial charge is 0.496 e. The molecule has 1 N–H and O–H groups in total. The summed E-state index contributed by atoms with van der Waals surface area (Å²) >= 11 is 0. The van der Waals surface area contributed by atoms with Crippen LogP contribution in [0.15, 0.2) is 18.2 Å². The summed E-state index contributed by atoms with van der Waals surface area (Å²) in [6.45, 7) is 3.38. The Labute approximate surface area is 127 Å². The van der Waals surface area contributed by atoms with Crippen molar-refractivity contribution in [2.24, 2.45) is 0 Å². The van der Waals surface area contributed by atoms with Crippen molar-refractivity contribution in [3.05, 3.63) is 29.3 Å². The van der Waals surface area contributed by atoms with Crippen LogP contribution in [0.5, 0.6) is 5.75 Å². The van der Waals surface area contributed by atoms with E-state index in [2.05, 4.69) is 22.8 Å². The van der Waals surface area contributed by atoms with Crippen LogP contribution in [-0.2, 0) is 6.54 Å². The van der Waals surface area contributed by atoms with Gasteiger partial charge in [-0.1, -0.05) is 24.7 Å². The second-order valence-corrected chi connectivity index (χ2v) is 5.49. The van der Waals surface area contributed by atoms with Gasteiger partial charge >= 0.3 is 0 Å².